The molecule has 64 valence electrons. The molecule has 0 fully saturated rings. The number of hydrogen-bond donors (Lipinski definition) is 0. The Morgan fingerprint density at radius 2 is 1.92 bits per heavy atom. The van der Waals surface area contributed by atoms with Gasteiger partial charge in [-0.3, -0.25) is 0 Å². The van der Waals surface area contributed by atoms with Crippen LogP contribution in [0, 0.1) is 6.92 Å². The smallest absolute Gasteiger partial charge is 0.108 e. The van der Waals surface area contributed by atoms with Gasteiger partial charge in [0.05, 0.1) is 6.26 Å². The summed E-state index contributed by atoms with van der Waals surface area (Å²) in [6, 6.07) is 12.0. The van der Waals surface area contributed by atoms with Crippen LogP contribution in [0.15, 0.2) is 47.1 Å². The molecule has 2 radical (unpaired) electrons. The molecule has 0 saturated heterocycles. The van der Waals surface area contributed by atoms with Crippen molar-refractivity contribution in [3.8, 4) is 0 Å². The van der Waals surface area contributed by atoms with E-state index in [4.69, 9.17) is 11.3 Å². The molecule has 1 heteroatoms. The standard InChI is InChI=1S/C12H10O/c1-10-7-12(13-9-10)8-11-5-3-2-4-6-11/h1-7,9H,8H2. The molecule has 0 aliphatic rings. The fourth-order valence-corrected chi connectivity index (χ4v) is 1.29. The maximum atomic E-state index is 5.54. The highest BCUT2D eigenvalue weighted by atomic mass is 16.3. The van der Waals surface area contributed by atoms with Gasteiger partial charge in [0.2, 0.25) is 0 Å². The monoisotopic (exact) mass is 170 g/mol. The summed E-state index contributed by atoms with van der Waals surface area (Å²) in [7, 11) is 0. The highest BCUT2D eigenvalue weighted by Gasteiger charge is 1.99. The Labute approximate surface area is 78.0 Å². The Kier molecular flexibility index (Phi) is 2.17. The van der Waals surface area contributed by atoms with Crippen LogP contribution in [0.3, 0.4) is 0 Å². The third-order valence-corrected chi connectivity index (χ3v) is 1.90. The molecule has 0 bridgehead atoms. The predicted molar refractivity (Wildman–Crippen MR) is 51.4 cm³/mol. The fraction of sp³-hybridized carbons (Fsp3) is 0.0833. The number of furan rings is 1. The van der Waals surface area contributed by atoms with Crippen molar-refractivity contribution < 1.29 is 4.42 Å². The van der Waals surface area contributed by atoms with Crippen molar-refractivity contribution >= 4 is 0 Å². The van der Waals surface area contributed by atoms with Crippen LogP contribution < -0.4 is 0 Å². The van der Waals surface area contributed by atoms with Crippen molar-refractivity contribution in [2.24, 2.45) is 0 Å². The van der Waals surface area contributed by atoms with Crippen molar-refractivity contribution in [1.82, 2.24) is 0 Å². The van der Waals surface area contributed by atoms with Gasteiger partial charge < -0.3 is 4.42 Å². The van der Waals surface area contributed by atoms with E-state index in [1.54, 1.807) is 6.26 Å². The fourth-order valence-electron chi connectivity index (χ4n) is 1.29. The van der Waals surface area contributed by atoms with E-state index in [2.05, 4.69) is 12.1 Å². The van der Waals surface area contributed by atoms with E-state index in [0.29, 0.717) is 5.56 Å². The molecule has 2 rings (SSSR count). The Hall–Kier alpha value is -1.50. The molecule has 0 spiro atoms. The minimum absolute atomic E-state index is 0.686. The number of rotatable bonds is 2. The second-order valence-corrected chi connectivity index (χ2v) is 3.01. The summed E-state index contributed by atoms with van der Waals surface area (Å²) in [5.41, 5.74) is 1.92. The van der Waals surface area contributed by atoms with Crippen LogP contribution in [-0.4, -0.2) is 0 Å². The van der Waals surface area contributed by atoms with Gasteiger partial charge in [-0.2, -0.15) is 0 Å². The zero-order valence-corrected chi connectivity index (χ0v) is 7.23. The molecule has 0 atom stereocenters. The lowest BCUT2D eigenvalue weighted by atomic mass is 10.1. The second kappa shape index (κ2) is 3.48. The minimum atomic E-state index is 0.686. The molecule has 0 N–H and O–H groups in total. The molecular formula is C12H10O. The minimum Gasteiger partial charge on any atom is -0.469 e. The van der Waals surface area contributed by atoms with Gasteiger partial charge >= 0.3 is 0 Å². The van der Waals surface area contributed by atoms with Gasteiger partial charge in [-0.15, -0.1) is 0 Å². The molecule has 1 aromatic carbocycles. The maximum Gasteiger partial charge on any atom is 0.108 e. The summed E-state index contributed by atoms with van der Waals surface area (Å²) < 4.78 is 5.24. The molecule has 1 aromatic heterocycles. The third kappa shape index (κ3) is 2.00. The second-order valence-electron chi connectivity index (χ2n) is 3.01. The van der Waals surface area contributed by atoms with Gasteiger partial charge in [-0.1, -0.05) is 30.3 Å². The lowest BCUT2D eigenvalue weighted by Gasteiger charge is -1.95. The number of hydrogen-bond acceptors (Lipinski definition) is 1. The SMILES string of the molecule is [CH]c1coc(Cc2ccccc2)c1. The van der Waals surface area contributed by atoms with Gasteiger partial charge in [0.15, 0.2) is 0 Å². The van der Waals surface area contributed by atoms with Crippen LogP contribution in [0.5, 0.6) is 0 Å². The molecule has 1 nitrogen and oxygen atoms in total. The van der Waals surface area contributed by atoms with Crippen molar-refractivity contribution in [3.63, 3.8) is 0 Å². The van der Waals surface area contributed by atoms with E-state index >= 15 is 0 Å². The summed E-state index contributed by atoms with van der Waals surface area (Å²) in [6.45, 7) is 5.54. The van der Waals surface area contributed by atoms with Gasteiger partial charge in [0, 0.05) is 13.3 Å². The van der Waals surface area contributed by atoms with E-state index in [1.165, 1.54) is 5.56 Å². The largest absolute Gasteiger partial charge is 0.469 e. The van der Waals surface area contributed by atoms with Crippen LogP contribution >= 0.6 is 0 Å². The maximum absolute atomic E-state index is 5.54. The van der Waals surface area contributed by atoms with E-state index in [0.717, 1.165) is 12.2 Å². The third-order valence-electron chi connectivity index (χ3n) is 1.90. The zero-order valence-electron chi connectivity index (χ0n) is 7.23. The van der Waals surface area contributed by atoms with Crippen LogP contribution in [0.25, 0.3) is 0 Å². The summed E-state index contributed by atoms with van der Waals surface area (Å²) in [5.74, 6) is 0.906. The van der Waals surface area contributed by atoms with Crippen LogP contribution in [0.1, 0.15) is 16.9 Å². The van der Waals surface area contributed by atoms with Gasteiger partial charge in [0.25, 0.3) is 0 Å². The molecule has 0 unspecified atom stereocenters. The topological polar surface area (TPSA) is 13.1 Å². The van der Waals surface area contributed by atoms with Crippen molar-refractivity contribution in [2.45, 2.75) is 6.42 Å². The molecule has 0 aliphatic carbocycles. The lowest BCUT2D eigenvalue weighted by Crippen LogP contribution is -1.83. The van der Waals surface area contributed by atoms with Gasteiger partial charge in [-0.05, 0) is 17.2 Å². The van der Waals surface area contributed by atoms with Gasteiger partial charge in [0.1, 0.15) is 5.76 Å². The summed E-state index contributed by atoms with van der Waals surface area (Å²) in [4.78, 5) is 0. The van der Waals surface area contributed by atoms with Crippen LogP contribution in [0.2, 0.25) is 0 Å². The first-order chi connectivity index (χ1) is 6.34. The lowest BCUT2D eigenvalue weighted by molar-refractivity contribution is 0.520. The van der Waals surface area contributed by atoms with E-state index in [9.17, 15) is 0 Å². The Morgan fingerprint density at radius 3 is 2.54 bits per heavy atom. The molecular weight excluding hydrogens is 160 g/mol. The highest BCUT2D eigenvalue weighted by molar-refractivity contribution is 5.23. The molecule has 1 heterocycles. The Balaban J connectivity index is 2.15. The average Bonchev–Trinajstić information content (AvgIpc) is 2.53. The van der Waals surface area contributed by atoms with Crippen LogP contribution in [-0.2, 0) is 6.42 Å². The van der Waals surface area contributed by atoms with Crippen molar-refractivity contribution in [2.75, 3.05) is 0 Å². The zero-order chi connectivity index (χ0) is 9.10. The molecule has 0 saturated carbocycles. The van der Waals surface area contributed by atoms with Crippen LogP contribution in [0.4, 0.5) is 0 Å². The molecule has 2 aromatic rings. The van der Waals surface area contributed by atoms with Gasteiger partial charge in [-0.25, -0.2) is 0 Å². The normalized spacial score (nSPS) is 10.2. The van der Waals surface area contributed by atoms with E-state index < -0.39 is 0 Å². The molecule has 13 heavy (non-hydrogen) atoms. The average molecular weight is 170 g/mol. The first-order valence-corrected chi connectivity index (χ1v) is 4.21. The first-order valence-electron chi connectivity index (χ1n) is 4.21. The van der Waals surface area contributed by atoms with E-state index in [1.807, 2.05) is 24.3 Å². The Morgan fingerprint density at radius 1 is 1.15 bits per heavy atom. The summed E-state index contributed by atoms with van der Waals surface area (Å²) >= 11 is 0. The van der Waals surface area contributed by atoms with Crippen molar-refractivity contribution in [3.05, 3.63) is 66.5 Å². The summed E-state index contributed by atoms with van der Waals surface area (Å²) in [6.07, 6.45) is 2.37. The van der Waals surface area contributed by atoms with Crippen molar-refractivity contribution in [1.29, 1.82) is 0 Å². The highest BCUT2D eigenvalue weighted by Crippen LogP contribution is 2.11. The first kappa shape index (κ1) is 8.11. The Bertz CT molecular complexity index is 373. The molecule has 0 amide bonds. The summed E-state index contributed by atoms with van der Waals surface area (Å²) in [5, 5.41) is 0. The van der Waals surface area contributed by atoms with E-state index in [-0.39, 0.29) is 0 Å². The molecule has 0 aliphatic heterocycles. The predicted octanol–water partition coefficient (Wildman–Crippen LogP) is 2.93. The quantitative estimate of drug-likeness (QED) is 0.675. The number of benzene rings is 1.